The van der Waals surface area contributed by atoms with Gasteiger partial charge in [0, 0.05) is 37.1 Å². The third-order valence-electron chi connectivity index (χ3n) is 3.07. The quantitative estimate of drug-likeness (QED) is 0.797. The molecule has 16 heavy (non-hydrogen) atoms. The SMILES string of the molecule is CCNC(Cn1ccc(=O)cc1)C(C)CC. The second kappa shape index (κ2) is 6.48. The molecule has 3 heteroatoms. The third kappa shape index (κ3) is 3.81. The lowest BCUT2D eigenvalue weighted by Crippen LogP contribution is -2.38. The molecule has 1 aromatic heterocycles. The van der Waals surface area contributed by atoms with Gasteiger partial charge in [0.25, 0.3) is 0 Å². The summed E-state index contributed by atoms with van der Waals surface area (Å²) in [5, 5.41) is 3.50. The Morgan fingerprint density at radius 2 is 1.94 bits per heavy atom. The number of nitrogens with zero attached hydrogens (tertiary/aromatic N) is 1. The van der Waals surface area contributed by atoms with E-state index in [-0.39, 0.29) is 5.43 Å². The van der Waals surface area contributed by atoms with Crippen molar-refractivity contribution in [2.24, 2.45) is 5.92 Å². The first kappa shape index (κ1) is 13.0. The van der Waals surface area contributed by atoms with Crippen LogP contribution in [0.1, 0.15) is 27.2 Å². The Kier molecular flexibility index (Phi) is 5.26. The Balaban J connectivity index is 2.67. The highest BCUT2D eigenvalue weighted by atomic mass is 16.1. The molecule has 0 amide bonds. The number of aromatic nitrogens is 1. The molecular weight excluding hydrogens is 200 g/mol. The van der Waals surface area contributed by atoms with E-state index < -0.39 is 0 Å². The Morgan fingerprint density at radius 1 is 1.31 bits per heavy atom. The van der Waals surface area contributed by atoms with Gasteiger partial charge in [-0.3, -0.25) is 4.79 Å². The van der Waals surface area contributed by atoms with Crippen molar-refractivity contribution in [1.29, 1.82) is 0 Å². The first-order valence-electron chi connectivity index (χ1n) is 6.06. The zero-order chi connectivity index (χ0) is 12.0. The highest BCUT2D eigenvalue weighted by Gasteiger charge is 2.14. The van der Waals surface area contributed by atoms with Gasteiger partial charge in [0.15, 0.2) is 5.43 Å². The van der Waals surface area contributed by atoms with Gasteiger partial charge in [-0.25, -0.2) is 0 Å². The van der Waals surface area contributed by atoms with Crippen LogP contribution >= 0.6 is 0 Å². The smallest absolute Gasteiger partial charge is 0.181 e. The fraction of sp³-hybridized carbons (Fsp3) is 0.615. The molecule has 0 saturated carbocycles. The van der Waals surface area contributed by atoms with Gasteiger partial charge in [-0.2, -0.15) is 0 Å². The van der Waals surface area contributed by atoms with Crippen LogP contribution in [0.5, 0.6) is 0 Å². The average molecular weight is 222 g/mol. The number of hydrogen-bond acceptors (Lipinski definition) is 2. The average Bonchev–Trinajstić information content (AvgIpc) is 2.30. The molecule has 0 aliphatic carbocycles. The summed E-state index contributed by atoms with van der Waals surface area (Å²) in [6.07, 6.45) is 4.88. The monoisotopic (exact) mass is 222 g/mol. The molecule has 1 heterocycles. The Morgan fingerprint density at radius 3 is 2.44 bits per heavy atom. The van der Waals surface area contributed by atoms with Crippen molar-refractivity contribution < 1.29 is 0 Å². The molecule has 2 atom stereocenters. The molecule has 0 radical (unpaired) electrons. The Bertz CT molecular complexity index is 339. The van der Waals surface area contributed by atoms with Crippen molar-refractivity contribution >= 4 is 0 Å². The minimum Gasteiger partial charge on any atom is -0.352 e. The first-order chi connectivity index (χ1) is 7.67. The molecule has 0 aromatic carbocycles. The standard InChI is InChI=1S/C13H22N2O/c1-4-11(3)13(14-5-2)10-15-8-6-12(16)7-9-15/h6-9,11,13-14H,4-5,10H2,1-3H3. The fourth-order valence-corrected chi connectivity index (χ4v) is 1.78. The molecule has 2 unspecified atom stereocenters. The van der Waals surface area contributed by atoms with Gasteiger partial charge < -0.3 is 9.88 Å². The van der Waals surface area contributed by atoms with E-state index in [1.165, 1.54) is 0 Å². The van der Waals surface area contributed by atoms with Crippen LogP contribution < -0.4 is 10.7 Å². The van der Waals surface area contributed by atoms with E-state index in [4.69, 9.17) is 0 Å². The highest BCUT2D eigenvalue weighted by Crippen LogP contribution is 2.09. The van der Waals surface area contributed by atoms with Crippen LogP contribution in [0.25, 0.3) is 0 Å². The van der Waals surface area contributed by atoms with Gasteiger partial charge in [0.2, 0.25) is 0 Å². The van der Waals surface area contributed by atoms with Crippen molar-refractivity contribution in [2.45, 2.75) is 39.8 Å². The third-order valence-corrected chi connectivity index (χ3v) is 3.07. The van der Waals surface area contributed by atoms with Gasteiger partial charge in [-0.1, -0.05) is 27.2 Å². The summed E-state index contributed by atoms with van der Waals surface area (Å²) in [4.78, 5) is 11.0. The van der Waals surface area contributed by atoms with Gasteiger partial charge in [0.05, 0.1) is 0 Å². The topological polar surface area (TPSA) is 34.0 Å². The summed E-state index contributed by atoms with van der Waals surface area (Å²) in [6, 6.07) is 3.69. The van der Waals surface area contributed by atoms with Crippen LogP contribution in [0.2, 0.25) is 0 Å². The molecule has 1 rings (SSSR count). The summed E-state index contributed by atoms with van der Waals surface area (Å²) in [6.45, 7) is 8.50. The molecule has 90 valence electrons. The van der Waals surface area contributed by atoms with Gasteiger partial charge >= 0.3 is 0 Å². The van der Waals surface area contributed by atoms with Crippen molar-refractivity contribution in [2.75, 3.05) is 6.54 Å². The van der Waals surface area contributed by atoms with Crippen LogP contribution in [0, 0.1) is 5.92 Å². The minimum absolute atomic E-state index is 0.0693. The fourth-order valence-electron chi connectivity index (χ4n) is 1.78. The van der Waals surface area contributed by atoms with Crippen LogP contribution in [0.4, 0.5) is 0 Å². The molecule has 0 aliphatic heterocycles. The van der Waals surface area contributed by atoms with Gasteiger partial charge in [-0.05, 0) is 12.5 Å². The second-order valence-corrected chi connectivity index (χ2v) is 4.28. The number of pyridine rings is 1. The zero-order valence-electron chi connectivity index (χ0n) is 10.4. The predicted molar refractivity (Wildman–Crippen MR) is 67.6 cm³/mol. The molecular formula is C13H22N2O. The van der Waals surface area contributed by atoms with Crippen molar-refractivity contribution in [3.05, 3.63) is 34.7 Å². The molecule has 0 spiro atoms. The van der Waals surface area contributed by atoms with E-state index in [1.807, 2.05) is 12.4 Å². The van der Waals surface area contributed by atoms with E-state index in [0.717, 1.165) is 19.5 Å². The molecule has 0 aliphatic rings. The van der Waals surface area contributed by atoms with Gasteiger partial charge in [0.1, 0.15) is 0 Å². The Labute approximate surface area is 97.5 Å². The normalized spacial score (nSPS) is 14.7. The summed E-state index contributed by atoms with van der Waals surface area (Å²) >= 11 is 0. The number of rotatable bonds is 6. The van der Waals surface area contributed by atoms with E-state index in [1.54, 1.807) is 12.1 Å². The first-order valence-corrected chi connectivity index (χ1v) is 6.06. The van der Waals surface area contributed by atoms with E-state index >= 15 is 0 Å². The lowest BCUT2D eigenvalue weighted by Gasteiger charge is -2.24. The lowest BCUT2D eigenvalue weighted by atomic mass is 9.99. The van der Waals surface area contributed by atoms with E-state index in [0.29, 0.717) is 12.0 Å². The van der Waals surface area contributed by atoms with Crippen molar-refractivity contribution in [3.63, 3.8) is 0 Å². The number of nitrogens with one attached hydrogen (secondary N) is 1. The molecule has 0 fully saturated rings. The minimum atomic E-state index is 0.0693. The lowest BCUT2D eigenvalue weighted by molar-refractivity contribution is 0.334. The maximum atomic E-state index is 11.0. The maximum absolute atomic E-state index is 11.0. The van der Waals surface area contributed by atoms with Crippen LogP contribution in [0.3, 0.4) is 0 Å². The highest BCUT2D eigenvalue weighted by molar-refractivity contribution is 4.94. The molecule has 1 aromatic rings. The molecule has 1 N–H and O–H groups in total. The second-order valence-electron chi connectivity index (χ2n) is 4.28. The van der Waals surface area contributed by atoms with Crippen molar-refractivity contribution in [3.8, 4) is 0 Å². The van der Waals surface area contributed by atoms with E-state index in [9.17, 15) is 4.79 Å². The van der Waals surface area contributed by atoms with Crippen LogP contribution in [-0.2, 0) is 6.54 Å². The number of hydrogen-bond donors (Lipinski definition) is 1. The summed E-state index contributed by atoms with van der Waals surface area (Å²) in [7, 11) is 0. The molecule has 0 bridgehead atoms. The molecule has 0 saturated heterocycles. The van der Waals surface area contributed by atoms with E-state index in [2.05, 4.69) is 30.7 Å². The van der Waals surface area contributed by atoms with Crippen LogP contribution in [-0.4, -0.2) is 17.2 Å². The Hall–Kier alpha value is -1.09. The predicted octanol–water partition coefficient (Wildman–Crippen LogP) is 1.87. The van der Waals surface area contributed by atoms with Crippen LogP contribution in [0.15, 0.2) is 29.3 Å². The largest absolute Gasteiger partial charge is 0.352 e. The van der Waals surface area contributed by atoms with Gasteiger partial charge in [-0.15, -0.1) is 0 Å². The molecule has 3 nitrogen and oxygen atoms in total. The van der Waals surface area contributed by atoms with Crippen molar-refractivity contribution in [1.82, 2.24) is 9.88 Å². The maximum Gasteiger partial charge on any atom is 0.181 e. The summed E-state index contributed by atoms with van der Waals surface area (Å²) < 4.78 is 2.07. The number of likely N-dealkylation sites (N-methyl/N-ethyl adjacent to an activating group) is 1. The summed E-state index contributed by atoms with van der Waals surface area (Å²) in [5.74, 6) is 0.638. The zero-order valence-corrected chi connectivity index (χ0v) is 10.4. The summed E-state index contributed by atoms with van der Waals surface area (Å²) in [5.41, 5.74) is 0.0693.